The number of hydrogen-bond acceptors (Lipinski definition) is 4. The topological polar surface area (TPSA) is 46.1 Å². The lowest BCUT2D eigenvalue weighted by molar-refractivity contribution is 0.0994. The molecule has 0 amide bonds. The summed E-state index contributed by atoms with van der Waals surface area (Å²) in [5.41, 5.74) is 1.68. The average Bonchev–Trinajstić information content (AvgIpc) is 2.88. The summed E-state index contributed by atoms with van der Waals surface area (Å²) in [7, 11) is 0. The highest BCUT2D eigenvalue weighted by atomic mass is 16.1. The van der Waals surface area contributed by atoms with Crippen LogP contribution in [0.25, 0.3) is 0 Å². The molecule has 15 heavy (non-hydrogen) atoms. The van der Waals surface area contributed by atoms with E-state index in [2.05, 4.69) is 14.9 Å². The second-order valence-corrected chi connectivity index (χ2v) is 4.15. The highest BCUT2D eigenvalue weighted by molar-refractivity contribution is 5.99. The van der Waals surface area contributed by atoms with Crippen LogP contribution in [-0.2, 0) is 6.42 Å². The van der Waals surface area contributed by atoms with Gasteiger partial charge in [0.2, 0.25) is 5.95 Å². The first-order valence-corrected chi connectivity index (χ1v) is 5.48. The molecule has 0 bridgehead atoms. The van der Waals surface area contributed by atoms with Crippen LogP contribution in [0.2, 0.25) is 0 Å². The van der Waals surface area contributed by atoms with E-state index in [9.17, 15) is 4.79 Å². The van der Waals surface area contributed by atoms with Gasteiger partial charge < -0.3 is 4.90 Å². The normalized spacial score (nSPS) is 19.7. The van der Waals surface area contributed by atoms with Gasteiger partial charge in [0.1, 0.15) is 0 Å². The van der Waals surface area contributed by atoms with E-state index in [4.69, 9.17) is 0 Å². The van der Waals surface area contributed by atoms with Gasteiger partial charge in [0.15, 0.2) is 5.78 Å². The molecule has 1 fully saturated rings. The SMILES string of the molecule is O=C1CCc2nc(N3CCCC3)ncc21. The number of fused-ring (bicyclic) bond motifs is 1. The Morgan fingerprint density at radius 3 is 2.80 bits per heavy atom. The van der Waals surface area contributed by atoms with Gasteiger partial charge in [0.25, 0.3) is 0 Å². The van der Waals surface area contributed by atoms with Crippen molar-refractivity contribution in [1.29, 1.82) is 0 Å². The van der Waals surface area contributed by atoms with E-state index in [0.717, 1.165) is 36.7 Å². The maximum absolute atomic E-state index is 11.4. The summed E-state index contributed by atoms with van der Waals surface area (Å²) in [6, 6.07) is 0. The lowest BCUT2D eigenvalue weighted by atomic mass is 10.2. The van der Waals surface area contributed by atoms with Crippen LogP contribution in [0, 0.1) is 0 Å². The molecule has 3 rings (SSSR count). The number of aromatic nitrogens is 2. The number of aryl methyl sites for hydroxylation is 1. The van der Waals surface area contributed by atoms with Gasteiger partial charge in [-0.3, -0.25) is 4.79 Å². The zero-order valence-corrected chi connectivity index (χ0v) is 8.57. The van der Waals surface area contributed by atoms with Crippen molar-refractivity contribution in [1.82, 2.24) is 9.97 Å². The molecular formula is C11H13N3O. The number of carbonyl (C=O) groups excluding carboxylic acids is 1. The monoisotopic (exact) mass is 203 g/mol. The van der Waals surface area contributed by atoms with E-state index >= 15 is 0 Å². The fraction of sp³-hybridized carbons (Fsp3) is 0.545. The molecule has 1 aliphatic carbocycles. The molecule has 0 N–H and O–H groups in total. The summed E-state index contributed by atoms with van der Waals surface area (Å²) in [5, 5.41) is 0. The maximum atomic E-state index is 11.4. The van der Waals surface area contributed by atoms with Crippen molar-refractivity contribution in [2.75, 3.05) is 18.0 Å². The van der Waals surface area contributed by atoms with Gasteiger partial charge in [-0.2, -0.15) is 0 Å². The average molecular weight is 203 g/mol. The van der Waals surface area contributed by atoms with Crippen LogP contribution in [0.1, 0.15) is 35.3 Å². The Bertz CT molecular complexity index is 410. The smallest absolute Gasteiger partial charge is 0.225 e. The summed E-state index contributed by atoms with van der Waals surface area (Å²) >= 11 is 0. The minimum Gasteiger partial charge on any atom is -0.341 e. The number of anilines is 1. The quantitative estimate of drug-likeness (QED) is 0.688. The summed E-state index contributed by atoms with van der Waals surface area (Å²) in [6.07, 6.45) is 5.54. The van der Waals surface area contributed by atoms with E-state index in [1.165, 1.54) is 12.8 Å². The van der Waals surface area contributed by atoms with Gasteiger partial charge in [-0.05, 0) is 19.3 Å². The molecule has 0 spiro atoms. The molecule has 78 valence electrons. The Labute approximate surface area is 88.3 Å². The number of nitrogens with zero attached hydrogens (tertiary/aromatic N) is 3. The van der Waals surface area contributed by atoms with Crippen molar-refractivity contribution in [3.63, 3.8) is 0 Å². The number of ketones is 1. The van der Waals surface area contributed by atoms with Crippen LogP contribution in [0.15, 0.2) is 6.20 Å². The number of hydrogen-bond donors (Lipinski definition) is 0. The molecule has 2 aliphatic rings. The third kappa shape index (κ3) is 1.40. The van der Waals surface area contributed by atoms with Gasteiger partial charge in [-0.25, -0.2) is 9.97 Å². The number of Topliss-reactive ketones (excluding diaryl/α,β-unsaturated/α-hetero) is 1. The van der Waals surface area contributed by atoms with Crippen LogP contribution in [0.4, 0.5) is 5.95 Å². The summed E-state index contributed by atoms with van der Waals surface area (Å²) < 4.78 is 0. The molecule has 0 atom stereocenters. The molecule has 0 aromatic carbocycles. The predicted octanol–water partition coefficient (Wildman–Crippen LogP) is 1.21. The van der Waals surface area contributed by atoms with Crippen molar-refractivity contribution in [2.24, 2.45) is 0 Å². The zero-order valence-electron chi connectivity index (χ0n) is 8.57. The van der Waals surface area contributed by atoms with Gasteiger partial charge in [-0.1, -0.05) is 0 Å². The Kier molecular flexibility index (Phi) is 1.94. The van der Waals surface area contributed by atoms with E-state index in [-0.39, 0.29) is 5.78 Å². The second kappa shape index (κ2) is 3.29. The first-order valence-electron chi connectivity index (χ1n) is 5.48. The minimum atomic E-state index is 0.193. The fourth-order valence-corrected chi connectivity index (χ4v) is 2.27. The lowest BCUT2D eigenvalue weighted by Crippen LogP contribution is -2.21. The van der Waals surface area contributed by atoms with E-state index in [1.54, 1.807) is 6.20 Å². The maximum Gasteiger partial charge on any atom is 0.225 e. The Morgan fingerprint density at radius 1 is 1.20 bits per heavy atom. The van der Waals surface area contributed by atoms with Gasteiger partial charge in [0, 0.05) is 25.7 Å². The van der Waals surface area contributed by atoms with E-state index in [1.807, 2.05) is 0 Å². The molecule has 0 unspecified atom stereocenters. The van der Waals surface area contributed by atoms with Crippen molar-refractivity contribution in [3.8, 4) is 0 Å². The molecular weight excluding hydrogens is 190 g/mol. The van der Waals surface area contributed by atoms with E-state index < -0.39 is 0 Å². The molecule has 4 nitrogen and oxygen atoms in total. The third-order valence-electron chi connectivity index (χ3n) is 3.13. The van der Waals surface area contributed by atoms with Crippen LogP contribution in [0.5, 0.6) is 0 Å². The van der Waals surface area contributed by atoms with Crippen molar-refractivity contribution >= 4 is 11.7 Å². The minimum absolute atomic E-state index is 0.193. The molecule has 0 saturated carbocycles. The lowest BCUT2D eigenvalue weighted by Gasteiger charge is -2.15. The second-order valence-electron chi connectivity index (χ2n) is 4.15. The molecule has 1 aromatic heterocycles. The summed E-state index contributed by atoms with van der Waals surface area (Å²) in [5.74, 6) is 0.999. The Hall–Kier alpha value is -1.45. The molecule has 1 aromatic rings. The van der Waals surface area contributed by atoms with E-state index in [0.29, 0.717) is 6.42 Å². The standard InChI is InChI=1S/C11H13N3O/c15-10-4-3-9-8(10)7-12-11(13-9)14-5-1-2-6-14/h7H,1-6H2. The van der Waals surface area contributed by atoms with Crippen molar-refractivity contribution in [2.45, 2.75) is 25.7 Å². The third-order valence-corrected chi connectivity index (χ3v) is 3.13. The highest BCUT2D eigenvalue weighted by Gasteiger charge is 2.23. The molecule has 1 aliphatic heterocycles. The van der Waals surface area contributed by atoms with Crippen molar-refractivity contribution in [3.05, 3.63) is 17.5 Å². The van der Waals surface area contributed by atoms with Gasteiger partial charge >= 0.3 is 0 Å². The molecule has 4 heteroatoms. The largest absolute Gasteiger partial charge is 0.341 e. The predicted molar refractivity (Wildman–Crippen MR) is 56.1 cm³/mol. The molecule has 0 radical (unpaired) electrons. The van der Waals surface area contributed by atoms with Crippen LogP contribution < -0.4 is 4.90 Å². The fourth-order valence-electron chi connectivity index (χ4n) is 2.27. The first kappa shape index (κ1) is 8.83. The van der Waals surface area contributed by atoms with Crippen molar-refractivity contribution < 1.29 is 4.79 Å². The Morgan fingerprint density at radius 2 is 2.00 bits per heavy atom. The number of carbonyl (C=O) groups is 1. The first-order chi connectivity index (χ1) is 7.34. The van der Waals surface area contributed by atoms with Crippen LogP contribution >= 0.6 is 0 Å². The highest BCUT2D eigenvalue weighted by Crippen LogP contribution is 2.22. The zero-order chi connectivity index (χ0) is 10.3. The Balaban J connectivity index is 1.95. The van der Waals surface area contributed by atoms with Crippen LogP contribution in [0.3, 0.4) is 0 Å². The van der Waals surface area contributed by atoms with Gasteiger partial charge in [0.05, 0.1) is 11.3 Å². The van der Waals surface area contributed by atoms with Crippen LogP contribution in [-0.4, -0.2) is 28.8 Å². The summed E-state index contributed by atoms with van der Waals surface area (Å²) in [4.78, 5) is 22.4. The summed E-state index contributed by atoms with van der Waals surface area (Å²) in [6.45, 7) is 2.10. The molecule has 1 saturated heterocycles. The molecule has 2 heterocycles. The van der Waals surface area contributed by atoms with Gasteiger partial charge in [-0.15, -0.1) is 0 Å². The number of rotatable bonds is 1.